The number of pyridine rings is 1. The standard InChI is InChI=1S/C14H21N3O/c1-9-5-6-11-12(16-9)17-13(18-11)10(8-15)7-14(2,3)4/h5-6,10H,7-8,15H2,1-4H3. The number of fused-ring (bicyclic) bond motifs is 1. The summed E-state index contributed by atoms with van der Waals surface area (Å²) in [4.78, 5) is 8.83. The summed E-state index contributed by atoms with van der Waals surface area (Å²) in [6.45, 7) is 9.08. The molecule has 98 valence electrons. The van der Waals surface area contributed by atoms with Crippen LogP contribution in [0.1, 0.15) is 44.7 Å². The highest BCUT2D eigenvalue weighted by molar-refractivity contribution is 5.67. The first-order valence-corrected chi connectivity index (χ1v) is 6.33. The van der Waals surface area contributed by atoms with Crippen LogP contribution in [-0.2, 0) is 0 Å². The highest BCUT2D eigenvalue weighted by Crippen LogP contribution is 2.31. The summed E-state index contributed by atoms with van der Waals surface area (Å²) >= 11 is 0. The lowest BCUT2D eigenvalue weighted by Gasteiger charge is -2.22. The van der Waals surface area contributed by atoms with Gasteiger partial charge in [0, 0.05) is 18.2 Å². The Labute approximate surface area is 108 Å². The number of aromatic nitrogens is 2. The number of nitrogens with zero attached hydrogens (tertiary/aromatic N) is 2. The highest BCUT2D eigenvalue weighted by Gasteiger charge is 2.23. The Balaban J connectivity index is 2.34. The van der Waals surface area contributed by atoms with Crippen LogP contribution >= 0.6 is 0 Å². The molecule has 0 saturated heterocycles. The lowest BCUT2D eigenvalue weighted by atomic mass is 9.84. The van der Waals surface area contributed by atoms with Gasteiger partial charge in [-0.3, -0.25) is 0 Å². The maximum absolute atomic E-state index is 5.84. The number of nitrogens with two attached hydrogens (primary N) is 1. The molecular weight excluding hydrogens is 226 g/mol. The van der Waals surface area contributed by atoms with E-state index in [4.69, 9.17) is 10.2 Å². The minimum atomic E-state index is 0.152. The zero-order valence-electron chi connectivity index (χ0n) is 11.5. The second kappa shape index (κ2) is 4.69. The van der Waals surface area contributed by atoms with Crippen molar-refractivity contribution < 1.29 is 4.42 Å². The molecule has 0 saturated carbocycles. The minimum Gasteiger partial charge on any atom is -0.439 e. The lowest BCUT2D eigenvalue weighted by molar-refractivity contribution is 0.314. The van der Waals surface area contributed by atoms with Crippen LogP contribution in [0, 0.1) is 12.3 Å². The van der Waals surface area contributed by atoms with Crippen LogP contribution in [0.5, 0.6) is 0 Å². The van der Waals surface area contributed by atoms with Gasteiger partial charge in [0.2, 0.25) is 5.89 Å². The van der Waals surface area contributed by atoms with Crippen molar-refractivity contribution in [2.24, 2.45) is 11.1 Å². The molecule has 0 fully saturated rings. The fourth-order valence-corrected chi connectivity index (χ4v) is 2.12. The number of oxazole rings is 1. The van der Waals surface area contributed by atoms with Crippen molar-refractivity contribution in [3.05, 3.63) is 23.7 Å². The fraction of sp³-hybridized carbons (Fsp3) is 0.571. The topological polar surface area (TPSA) is 64.9 Å². The van der Waals surface area contributed by atoms with Crippen LogP contribution in [0.25, 0.3) is 11.2 Å². The van der Waals surface area contributed by atoms with Crippen LogP contribution in [-0.4, -0.2) is 16.5 Å². The summed E-state index contributed by atoms with van der Waals surface area (Å²) in [6.07, 6.45) is 0.954. The van der Waals surface area contributed by atoms with Crippen molar-refractivity contribution in [3.8, 4) is 0 Å². The highest BCUT2D eigenvalue weighted by atomic mass is 16.3. The van der Waals surface area contributed by atoms with E-state index in [2.05, 4.69) is 30.7 Å². The largest absolute Gasteiger partial charge is 0.439 e. The smallest absolute Gasteiger partial charge is 0.201 e. The Hall–Kier alpha value is -1.42. The molecule has 2 heterocycles. The number of rotatable bonds is 3. The maximum Gasteiger partial charge on any atom is 0.201 e. The van der Waals surface area contributed by atoms with Crippen LogP contribution in [0.3, 0.4) is 0 Å². The van der Waals surface area contributed by atoms with Crippen LogP contribution in [0.15, 0.2) is 16.5 Å². The summed E-state index contributed by atoms with van der Waals surface area (Å²) in [5.74, 6) is 0.861. The molecule has 0 aliphatic carbocycles. The normalized spacial score (nSPS) is 14.1. The van der Waals surface area contributed by atoms with Gasteiger partial charge in [0.05, 0.1) is 0 Å². The van der Waals surface area contributed by atoms with E-state index in [-0.39, 0.29) is 11.3 Å². The summed E-state index contributed by atoms with van der Waals surface area (Å²) < 4.78 is 5.77. The molecule has 4 nitrogen and oxygen atoms in total. The Kier molecular flexibility index (Phi) is 3.39. The summed E-state index contributed by atoms with van der Waals surface area (Å²) in [5.41, 5.74) is 8.41. The van der Waals surface area contributed by atoms with E-state index < -0.39 is 0 Å². The van der Waals surface area contributed by atoms with E-state index in [0.29, 0.717) is 18.1 Å². The first-order chi connectivity index (χ1) is 8.39. The van der Waals surface area contributed by atoms with Gasteiger partial charge in [-0.2, -0.15) is 4.98 Å². The molecule has 1 unspecified atom stereocenters. The molecule has 0 aliphatic rings. The monoisotopic (exact) mass is 247 g/mol. The number of hydrogen-bond donors (Lipinski definition) is 1. The van der Waals surface area contributed by atoms with Crippen molar-refractivity contribution in [3.63, 3.8) is 0 Å². The van der Waals surface area contributed by atoms with Crippen LogP contribution in [0.2, 0.25) is 0 Å². The molecule has 0 radical (unpaired) electrons. The van der Waals surface area contributed by atoms with Crippen LogP contribution < -0.4 is 5.73 Å². The van der Waals surface area contributed by atoms with Gasteiger partial charge >= 0.3 is 0 Å². The lowest BCUT2D eigenvalue weighted by Crippen LogP contribution is -2.19. The van der Waals surface area contributed by atoms with E-state index in [9.17, 15) is 0 Å². The minimum absolute atomic E-state index is 0.152. The third-order valence-electron chi connectivity index (χ3n) is 2.90. The number of hydrogen-bond acceptors (Lipinski definition) is 4. The van der Waals surface area contributed by atoms with Crippen molar-refractivity contribution >= 4 is 11.2 Å². The molecule has 0 aliphatic heterocycles. The first-order valence-electron chi connectivity index (χ1n) is 6.33. The van der Waals surface area contributed by atoms with Gasteiger partial charge in [0.15, 0.2) is 11.2 Å². The van der Waals surface area contributed by atoms with E-state index in [1.165, 1.54) is 0 Å². The maximum atomic E-state index is 5.84. The van der Waals surface area contributed by atoms with Gasteiger partial charge in [0.1, 0.15) is 0 Å². The third kappa shape index (κ3) is 2.88. The zero-order valence-corrected chi connectivity index (χ0v) is 11.5. The molecule has 2 aromatic heterocycles. The molecule has 2 aromatic rings. The Morgan fingerprint density at radius 3 is 2.61 bits per heavy atom. The second-order valence-corrected chi connectivity index (χ2v) is 6.02. The van der Waals surface area contributed by atoms with Crippen molar-refractivity contribution in [1.29, 1.82) is 0 Å². The van der Waals surface area contributed by atoms with Gasteiger partial charge in [-0.05, 0) is 30.9 Å². The SMILES string of the molecule is Cc1ccc2oc(C(CN)CC(C)(C)C)nc2n1. The average molecular weight is 247 g/mol. The quantitative estimate of drug-likeness (QED) is 0.905. The van der Waals surface area contributed by atoms with Crippen molar-refractivity contribution in [2.45, 2.75) is 40.0 Å². The van der Waals surface area contributed by atoms with Gasteiger partial charge in [-0.15, -0.1) is 0 Å². The van der Waals surface area contributed by atoms with Crippen LogP contribution in [0.4, 0.5) is 0 Å². The second-order valence-electron chi connectivity index (χ2n) is 6.02. The summed E-state index contributed by atoms with van der Waals surface area (Å²) in [5, 5.41) is 0. The molecular formula is C14H21N3O. The van der Waals surface area contributed by atoms with E-state index in [0.717, 1.165) is 17.7 Å². The van der Waals surface area contributed by atoms with Gasteiger partial charge in [-0.25, -0.2) is 4.98 Å². The predicted molar refractivity (Wildman–Crippen MR) is 72.4 cm³/mol. The average Bonchev–Trinajstić information content (AvgIpc) is 2.67. The molecule has 1 atom stereocenters. The zero-order chi connectivity index (χ0) is 13.3. The van der Waals surface area contributed by atoms with Crippen molar-refractivity contribution in [1.82, 2.24) is 9.97 Å². The molecule has 2 N–H and O–H groups in total. The fourth-order valence-electron chi connectivity index (χ4n) is 2.12. The molecule has 4 heteroatoms. The summed E-state index contributed by atoms with van der Waals surface area (Å²) in [7, 11) is 0. The molecule has 2 rings (SSSR count). The Morgan fingerprint density at radius 2 is 2.00 bits per heavy atom. The van der Waals surface area contributed by atoms with Crippen molar-refractivity contribution in [2.75, 3.05) is 6.54 Å². The van der Waals surface area contributed by atoms with Gasteiger partial charge < -0.3 is 10.2 Å². The molecule has 0 bridgehead atoms. The third-order valence-corrected chi connectivity index (χ3v) is 2.90. The van der Waals surface area contributed by atoms with Gasteiger partial charge in [0.25, 0.3) is 0 Å². The molecule has 0 amide bonds. The van der Waals surface area contributed by atoms with E-state index in [1.807, 2.05) is 19.1 Å². The molecule has 0 spiro atoms. The Bertz CT molecular complexity index is 539. The van der Waals surface area contributed by atoms with E-state index >= 15 is 0 Å². The van der Waals surface area contributed by atoms with Gasteiger partial charge in [-0.1, -0.05) is 20.8 Å². The van der Waals surface area contributed by atoms with E-state index in [1.54, 1.807) is 0 Å². The molecule has 0 aromatic carbocycles. The summed E-state index contributed by atoms with van der Waals surface area (Å²) in [6, 6.07) is 3.84. The Morgan fingerprint density at radius 1 is 1.28 bits per heavy atom. The predicted octanol–water partition coefficient (Wildman–Crippen LogP) is 3.01. The molecule has 18 heavy (non-hydrogen) atoms. The number of aryl methyl sites for hydroxylation is 1. The first kappa shape index (κ1) is 13.0.